The molecule has 0 saturated carbocycles. The Hall–Kier alpha value is -3.90. The van der Waals surface area contributed by atoms with Crippen LogP contribution in [0.15, 0.2) is 94.7 Å². The fourth-order valence-electron chi connectivity index (χ4n) is 3.59. The van der Waals surface area contributed by atoms with Crippen LogP contribution in [-0.2, 0) is 0 Å². The number of oxazole rings is 1. The maximum absolute atomic E-state index is 12.8. The summed E-state index contributed by atoms with van der Waals surface area (Å²) in [5, 5.41) is 6.20. The minimum atomic E-state index is -0.765. The minimum absolute atomic E-state index is 0.434. The van der Waals surface area contributed by atoms with E-state index in [2.05, 4.69) is 15.6 Å². The Bertz CT molecular complexity index is 1280. The van der Waals surface area contributed by atoms with E-state index in [-0.39, 0.29) is 0 Å². The van der Waals surface area contributed by atoms with Gasteiger partial charge in [0.1, 0.15) is 5.69 Å². The highest BCUT2D eigenvalue weighted by atomic mass is 35.5. The summed E-state index contributed by atoms with van der Waals surface area (Å²) in [6.07, 6.45) is 0.605. The SMILES string of the molecule is O=C(Nc1cccc(Cl)c1)N[C@@H]1N=C(c2ccccc2)c2ccccc2-c2ncoc21. The van der Waals surface area contributed by atoms with Crippen molar-refractivity contribution in [2.45, 2.75) is 6.17 Å². The Morgan fingerprint density at radius 2 is 1.71 bits per heavy atom. The second kappa shape index (κ2) is 8.08. The van der Waals surface area contributed by atoms with E-state index in [1.807, 2.05) is 54.6 Å². The van der Waals surface area contributed by atoms with Gasteiger partial charge >= 0.3 is 6.03 Å². The van der Waals surface area contributed by atoms with Gasteiger partial charge in [0.2, 0.25) is 0 Å². The van der Waals surface area contributed by atoms with Gasteiger partial charge in [0.25, 0.3) is 0 Å². The first-order chi connectivity index (χ1) is 15.2. The van der Waals surface area contributed by atoms with Crippen LogP contribution < -0.4 is 10.6 Å². The number of nitrogens with zero attached hydrogens (tertiary/aromatic N) is 2. The van der Waals surface area contributed by atoms with Gasteiger partial charge in [-0.1, -0.05) is 72.3 Å². The molecule has 1 atom stereocenters. The van der Waals surface area contributed by atoms with Gasteiger partial charge in [0, 0.05) is 27.4 Å². The number of carbonyl (C=O) groups excluding carboxylic acids is 1. The monoisotopic (exact) mass is 428 g/mol. The van der Waals surface area contributed by atoms with Crippen LogP contribution in [0.3, 0.4) is 0 Å². The van der Waals surface area contributed by atoms with E-state index in [4.69, 9.17) is 21.0 Å². The summed E-state index contributed by atoms with van der Waals surface area (Å²) < 4.78 is 5.68. The van der Waals surface area contributed by atoms with E-state index in [0.717, 1.165) is 22.4 Å². The molecule has 0 spiro atoms. The number of urea groups is 1. The number of aromatic nitrogens is 1. The largest absolute Gasteiger partial charge is 0.443 e. The lowest BCUT2D eigenvalue weighted by molar-refractivity contribution is 0.247. The summed E-state index contributed by atoms with van der Waals surface area (Å²) in [6.45, 7) is 0. The molecule has 7 heteroatoms. The van der Waals surface area contributed by atoms with Crippen molar-refractivity contribution in [3.63, 3.8) is 0 Å². The molecule has 6 nitrogen and oxygen atoms in total. The standard InChI is InChI=1S/C24H17ClN4O2/c25-16-9-6-10-17(13-16)27-24(30)29-23-22-21(26-14-31-22)19-12-5-4-11-18(19)20(28-23)15-7-2-1-3-8-15/h1-14,23H,(H2,27,29,30)/t23-/m0/s1. The van der Waals surface area contributed by atoms with Gasteiger partial charge in [0.05, 0.1) is 5.71 Å². The number of aliphatic imine (C=N–C) groups is 1. The normalized spacial score (nSPS) is 14.6. The molecule has 0 fully saturated rings. The van der Waals surface area contributed by atoms with Crippen LogP contribution >= 0.6 is 11.6 Å². The summed E-state index contributed by atoms with van der Waals surface area (Å²) in [7, 11) is 0. The molecule has 0 aliphatic carbocycles. The molecule has 0 unspecified atom stereocenters. The highest BCUT2D eigenvalue weighted by Gasteiger charge is 2.29. The van der Waals surface area contributed by atoms with E-state index in [9.17, 15) is 4.79 Å². The fraction of sp³-hybridized carbons (Fsp3) is 0.0417. The van der Waals surface area contributed by atoms with Crippen molar-refractivity contribution in [1.82, 2.24) is 10.3 Å². The molecular formula is C24H17ClN4O2. The second-order valence-electron chi connectivity index (χ2n) is 6.97. The zero-order valence-electron chi connectivity index (χ0n) is 16.2. The van der Waals surface area contributed by atoms with Gasteiger partial charge in [-0.3, -0.25) is 4.99 Å². The number of benzene rings is 3. The number of hydrogen-bond donors (Lipinski definition) is 2. The average molecular weight is 429 g/mol. The molecule has 2 heterocycles. The lowest BCUT2D eigenvalue weighted by atomic mass is 9.96. The lowest BCUT2D eigenvalue weighted by Gasteiger charge is -2.15. The topological polar surface area (TPSA) is 79.5 Å². The third kappa shape index (κ3) is 3.81. The number of anilines is 1. The minimum Gasteiger partial charge on any atom is -0.443 e. The van der Waals surface area contributed by atoms with Crippen molar-refractivity contribution in [2.75, 3.05) is 5.32 Å². The number of hydrogen-bond acceptors (Lipinski definition) is 4. The number of rotatable bonds is 3. The molecule has 4 aromatic rings. The summed E-state index contributed by atoms with van der Waals surface area (Å²) in [5.41, 5.74) is 4.72. The van der Waals surface area contributed by atoms with Gasteiger partial charge < -0.3 is 15.1 Å². The lowest BCUT2D eigenvalue weighted by Crippen LogP contribution is -2.32. The van der Waals surface area contributed by atoms with Crippen molar-refractivity contribution in [2.24, 2.45) is 4.99 Å². The van der Waals surface area contributed by atoms with Crippen LogP contribution in [-0.4, -0.2) is 16.7 Å². The first kappa shape index (κ1) is 19.1. The van der Waals surface area contributed by atoms with Crippen molar-refractivity contribution in [3.8, 4) is 11.3 Å². The van der Waals surface area contributed by atoms with E-state index >= 15 is 0 Å². The van der Waals surface area contributed by atoms with Crippen molar-refractivity contribution in [3.05, 3.63) is 107 Å². The zero-order chi connectivity index (χ0) is 21.2. The van der Waals surface area contributed by atoms with Crippen LogP contribution in [0, 0.1) is 0 Å². The van der Waals surface area contributed by atoms with E-state index in [0.29, 0.717) is 22.2 Å². The summed E-state index contributed by atoms with van der Waals surface area (Å²) in [4.78, 5) is 22.1. The van der Waals surface area contributed by atoms with Gasteiger partial charge in [-0.15, -0.1) is 0 Å². The predicted molar refractivity (Wildman–Crippen MR) is 120 cm³/mol. The first-order valence-corrected chi connectivity index (χ1v) is 10.1. The molecular weight excluding hydrogens is 412 g/mol. The molecule has 1 aliphatic heterocycles. The first-order valence-electron chi connectivity index (χ1n) is 9.68. The number of fused-ring (bicyclic) bond motifs is 3. The highest BCUT2D eigenvalue weighted by molar-refractivity contribution is 6.30. The van der Waals surface area contributed by atoms with Crippen molar-refractivity contribution in [1.29, 1.82) is 0 Å². The smallest absolute Gasteiger partial charge is 0.321 e. The Kier molecular flexibility index (Phi) is 4.98. The fourth-order valence-corrected chi connectivity index (χ4v) is 3.78. The van der Waals surface area contributed by atoms with E-state index in [1.54, 1.807) is 24.3 Å². The number of halogens is 1. The molecule has 0 bridgehead atoms. The Labute approximate surface area is 183 Å². The van der Waals surface area contributed by atoms with Gasteiger partial charge in [-0.2, -0.15) is 0 Å². The van der Waals surface area contributed by atoms with Crippen LogP contribution in [0.2, 0.25) is 5.02 Å². The molecule has 1 aliphatic rings. The Morgan fingerprint density at radius 1 is 0.935 bits per heavy atom. The molecule has 0 radical (unpaired) electrons. The molecule has 1 aromatic heterocycles. The van der Waals surface area contributed by atoms with Crippen molar-refractivity contribution < 1.29 is 9.21 Å². The molecule has 0 saturated heterocycles. The molecule has 31 heavy (non-hydrogen) atoms. The summed E-state index contributed by atoms with van der Waals surface area (Å²) in [5.74, 6) is 0.472. The number of amides is 2. The van der Waals surface area contributed by atoms with Crippen LogP contribution in [0.4, 0.5) is 10.5 Å². The second-order valence-corrected chi connectivity index (χ2v) is 7.40. The van der Waals surface area contributed by atoms with Gasteiger partial charge in [-0.05, 0) is 18.2 Å². The number of carbonyl (C=O) groups is 1. The van der Waals surface area contributed by atoms with Crippen LogP contribution in [0.25, 0.3) is 11.3 Å². The average Bonchev–Trinajstić information content (AvgIpc) is 3.23. The van der Waals surface area contributed by atoms with E-state index < -0.39 is 12.2 Å². The summed E-state index contributed by atoms with van der Waals surface area (Å²) in [6, 6.07) is 24.2. The molecule has 152 valence electrons. The van der Waals surface area contributed by atoms with Gasteiger partial charge in [-0.25, -0.2) is 9.78 Å². The Morgan fingerprint density at radius 3 is 2.52 bits per heavy atom. The van der Waals surface area contributed by atoms with Crippen LogP contribution in [0.5, 0.6) is 0 Å². The quantitative estimate of drug-likeness (QED) is 0.441. The summed E-state index contributed by atoms with van der Waals surface area (Å²) >= 11 is 6.02. The maximum atomic E-state index is 12.8. The Balaban J connectivity index is 1.55. The molecule has 5 rings (SSSR count). The van der Waals surface area contributed by atoms with Crippen molar-refractivity contribution >= 4 is 29.0 Å². The zero-order valence-corrected chi connectivity index (χ0v) is 17.0. The molecule has 3 aromatic carbocycles. The third-order valence-corrected chi connectivity index (χ3v) is 5.17. The third-order valence-electron chi connectivity index (χ3n) is 4.94. The van der Waals surface area contributed by atoms with Gasteiger partial charge in [0.15, 0.2) is 18.3 Å². The van der Waals surface area contributed by atoms with E-state index in [1.165, 1.54) is 6.39 Å². The number of nitrogens with one attached hydrogen (secondary N) is 2. The molecule has 2 amide bonds. The molecule has 2 N–H and O–H groups in total. The highest BCUT2D eigenvalue weighted by Crippen LogP contribution is 2.35. The van der Waals surface area contributed by atoms with Crippen LogP contribution in [0.1, 0.15) is 23.1 Å². The maximum Gasteiger partial charge on any atom is 0.321 e. The predicted octanol–water partition coefficient (Wildman–Crippen LogP) is 5.67.